The lowest BCUT2D eigenvalue weighted by molar-refractivity contribution is 0.106. The van der Waals surface area contributed by atoms with Gasteiger partial charge in [0.1, 0.15) is 5.75 Å². The number of thiazole rings is 1. The number of benzene rings is 2. The van der Waals surface area contributed by atoms with Crippen LogP contribution in [0.4, 0.5) is 0 Å². The van der Waals surface area contributed by atoms with Gasteiger partial charge in [0.2, 0.25) is 0 Å². The summed E-state index contributed by atoms with van der Waals surface area (Å²) in [5, 5.41) is 0. The van der Waals surface area contributed by atoms with Gasteiger partial charge in [0, 0.05) is 11.6 Å². The van der Waals surface area contributed by atoms with E-state index in [0.29, 0.717) is 44.5 Å². The van der Waals surface area contributed by atoms with Gasteiger partial charge in [-0.05, 0) is 60.4 Å². The minimum atomic E-state index is -0.250. The number of rotatable bonds is 9. The number of aromatic nitrogens is 1. The third kappa shape index (κ3) is 6.11. The Kier molecular flexibility index (Phi) is 7.89. The molecular formula is C25H27NO5S. The van der Waals surface area contributed by atoms with E-state index in [1.165, 1.54) is 17.4 Å². The van der Waals surface area contributed by atoms with Gasteiger partial charge in [0.25, 0.3) is 5.56 Å². The fourth-order valence-corrected chi connectivity index (χ4v) is 3.82. The summed E-state index contributed by atoms with van der Waals surface area (Å²) in [5.74, 6) is 2.32. The summed E-state index contributed by atoms with van der Waals surface area (Å²) in [6.07, 6.45) is 4.15. The highest BCUT2D eigenvalue weighted by atomic mass is 32.1. The van der Waals surface area contributed by atoms with Crippen molar-refractivity contribution < 1.29 is 19.0 Å². The average Bonchev–Trinajstić information content (AvgIpc) is 3.12. The molecule has 0 atom stereocenters. The number of hydrogen-bond donors (Lipinski definition) is 1. The lowest BCUT2D eigenvalue weighted by atomic mass is 10.1. The molecule has 0 saturated carbocycles. The first kappa shape index (κ1) is 23.3. The molecule has 0 saturated heterocycles. The van der Waals surface area contributed by atoms with E-state index in [1.54, 1.807) is 44.6 Å². The van der Waals surface area contributed by atoms with Crippen LogP contribution >= 0.6 is 11.3 Å². The highest BCUT2D eigenvalue weighted by Gasteiger charge is 2.07. The van der Waals surface area contributed by atoms with Crippen LogP contribution in [0.1, 0.15) is 36.2 Å². The maximum Gasteiger partial charge on any atom is 0.266 e. The molecule has 0 aliphatic rings. The molecule has 1 N–H and O–H groups in total. The van der Waals surface area contributed by atoms with Crippen molar-refractivity contribution in [3.8, 4) is 17.2 Å². The third-order valence-electron chi connectivity index (χ3n) is 4.76. The zero-order chi connectivity index (χ0) is 23.1. The topological polar surface area (TPSA) is 77.6 Å². The van der Waals surface area contributed by atoms with Crippen molar-refractivity contribution in [3.05, 3.63) is 73.1 Å². The lowest BCUT2D eigenvalue weighted by Crippen LogP contribution is -2.20. The van der Waals surface area contributed by atoms with Gasteiger partial charge >= 0.3 is 0 Å². The molecule has 0 amide bonds. The second-order valence-corrected chi connectivity index (χ2v) is 8.69. The molecule has 0 fully saturated rings. The van der Waals surface area contributed by atoms with Crippen LogP contribution in [0.25, 0.3) is 12.2 Å². The first-order valence-corrected chi connectivity index (χ1v) is 11.1. The van der Waals surface area contributed by atoms with Crippen LogP contribution in [-0.4, -0.2) is 31.6 Å². The largest absolute Gasteiger partial charge is 0.497 e. The van der Waals surface area contributed by atoms with E-state index in [4.69, 9.17) is 14.2 Å². The zero-order valence-electron chi connectivity index (χ0n) is 18.6. The number of carbonyl (C=O) groups excluding carboxylic acids is 1. The predicted molar refractivity (Wildman–Crippen MR) is 127 cm³/mol. The summed E-state index contributed by atoms with van der Waals surface area (Å²) in [4.78, 5) is 27.6. The van der Waals surface area contributed by atoms with Crippen molar-refractivity contribution in [3.63, 3.8) is 0 Å². The summed E-state index contributed by atoms with van der Waals surface area (Å²) >= 11 is 1.22. The highest BCUT2D eigenvalue weighted by molar-refractivity contribution is 7.07. The van der Waals surface area contributed by atoms with Crippen molar-refractivity contribution >= 4 is 29.3 Å². The highest BCUT2D eigenvalue weighted by Crippen LogP contribution is 2.28. The molecule has 1 heterocycles. The van der Waals surface area contributed by atoms with Gasteiger partial charge in [-0.2, -0.15) is 0 Å². The number of aromatic amines is 1. The van der Waals surface area contributed by atoms with E-state index in [9.17, 15) is 9.59 Å². The number of hydrogen-bond acceptors (Lipinski definition) is 6. The molecule has 0 spiro atoms. The number of methoxy groups -OCH3 is 2. The second kappa shape index (κ2) is 10.8. The number of carbonyl (C=O) groups is 1. The van der Waals surface area contributed by atoms with Crippen LogP contribution in [0.2, 0.25) is 0 Å². The number of Topliss-reactive ketones (excluding diaryl/α,β-unsaturated/α-hetero) is 1. The molecule has 0 bridgehead atoms. The van der Waals surface area contributed by atoms with E-state index in [2.05, 4.69) is 18.8 Å². The Balaban J connectivity index is 1.84. The number of H-pyrrole nitrogens is 1. The molecule has 1 aromatic heterocycles. The van der Waals surface area contributed by atoms with Crippen LogP contribution in [0.3, 0.4) is 0 Å². The van der Waals surface area contributed by atoms with Crippen molar-refractivity contribution in [2.45, 2.75) is 20.3 Å². The molecule has 2 aromatic carbocycles. The van der Waals surface area contributed by atoms with Gasteiger partial charge in [0.15, 0.2) is 17.3 Å². The standard InChI is InChI=1S/C25H27NO5S/c1-16(2)11-12-31-21-10-5-17(13-22(21)30-4)14-23-25(28)26-24(32-23)15-20(27)18-6-8-19(29-3)9-7-18/h5-10,13-16H,11-12H2,1-4H3,(H,26,28)/b23-14-,24-15-. The SMILES string of the molecule is COc1ccc(C(=O)/C=c2/[nH]c(=O)/c(=C/c3ccc(OCCC(C)C)c(OC)c3)s2)cc1. The van der Waals surface area contributed by atoms with Gasteiger partial charge in [0.05, 0.1) is 30.0 Å². The van der Waals surface area contributed by atoms with Crippen molar-refractivity contribution in [2.75, 3.05) is 20.8 Å². The fourth-order valence-electron chi connectivity index (χ4n) is 2.93. The molecule has 168 valence electrons. The zero-order valence-corrected chi connectivity index (χ0v) is 19.5. The molecule has 0 aliphatic carbocycles. The van der Waals surface area contributed by atoms with Gasteiger partial charge in [-0.15, -0.1) is 11.3 Å². The molecule has 32 heavy (non-hydrogen) atoms. The van der Waals surface area contributed by atoms with Crippen molar-refractivity contribution in [1.82, 2.24) is 4.98 Å². The predicted octanol–water partition coefficient (Wildman–Crippen LogP) is 3.37. The Morgan fingerprint density at radius 2 is 1.81 bits per heavy atom. The lowest BCUT2D eigenvalue weighted by Gasteiger charge is -2.12. The molecule has 0 radical (unpaired) electrons. The molecule has 3 rings (SSSR count). The van der Waals surface area contributed by atoms with Crippen LogP contribution in [0.15, 0.2) is 47.3 Å². The maximum atomic E-state index is 12.5. The van der Waals surface area contributed by atoms with Crippen LogP contribution in [-0.2, 0) is 0 Å². The monoisotopic (exact) mass is 453 g/mol. The Hall–Kier alpha value is -3.32. The van der Waals surface area contributed by atoms with E-state index < -0.39 is 0 Å². The second-order valence-electron chi connectivity index (χ2n) is 7.61. The Morgan fingerprint density at radius 1 is 1.06 bits per heavy atom. The first-order chi connectivity index (χ1) is 15.4. The maximum absolute atomic E-state index is 12.5. The average molecular weight is 454 g/mol. The van der Waals surface area contributed by atoms with Crippen molar-refractivity contribution in [1.29, 1.82) is 0 Å². The van der Waals surface area contributed by atoms with Gasteiger partial charge in [-0.1, -0.05) is 19.9 Å². The Labute approximate surface area is 190 Å². The number of nitrogens with one attached hydrogen (secondary N) is 1. The quantitative estimate of drug-likeness (QED) is 0.503. The van der Waals surface area contributed by atoms with Gasteiger partial charge in [-0.25, -0.2) is 0 Å². The Bertz CT molecular complexity index is 1240. The summed E-state index contributed by atoms with van der Waals surface area (Å²) < 4.78 is 17.4. The summed E-state index contributed by atoms with van der Waals surface area (Å²) in [6, 6.07) is 12.4. The minimum Gasteiger partial charge on any atom is -0.497 e. The van der Waals surface area contributed by atoms with Crippen LogP contribution in [0, 0.1) is 5.92 Å². The van der Waals surface area contributed by atoms with Crippen LogP contribution < -0.4 is 29.0 Å². The molecule has 6 nitrogen and oxygen atoms in total. The minimum absolute atomic E-state index is 0.193. The normalized spacial score (nSPS) is 12.3. The first-order valence-electron chi connectivity index (χ1n) is 10.3. The van der Waals surface area contributed by atoms with E-state index in [1.807, 2.05) is 18.2 Å². The molecule has 3 aromatic rings. The molecule has 7 heteroatoms. The molecular weight excluding hydrogens is 426 g/mol. The van der Waals surface area contributed by atoms with E-state index in [0.717, 1.165) is 12.0 Å². The third-order valence-corrected chi connectivity index (χ3v) is 5.72. The summed E-state index contributed by atoms with van der Waals surface area (Å²) in [5.41, 5.74) is 1.07. The summed E-state index contributed by atoms with van der Waals surface area (Å²) in [7, 11) is 3.16. The number of ketones is 1. The van der Waals surface area contributed by atoms with Crippen molar-refractivity contribution in [2.24, 2.45) is 5.92 Å². The fraction of sp³-hybridized carbons (Fsp3) is 0.280. The van der Waals surface area contributed by atoms with Gasteiger partial charge < -0.3 is 19.2 Å². The molecule has 0 unspecified atom stereocenters. The Morgan fingerprint density at radius 3 is 2.47 bits per heavy atom. The van der Waals surface area contributed by atoms with Crippen LogP contribution in [0.5, 0.6) is 17.2 Å². The molecule has 0 aliphatic heterocycles. The van der Waals surface area contributed by atoms with E-state index >= 15 is 0 Å². The van der Waals surface area contributed by atoms with Gasteiger partial charge in [-0.3, -0.25) is 9.59 Å². The number of ether oxygens (including phenoxy) is 3. The van der Waals surface area contributed by atoms with E-state index in [-0.39, 0.29) is 11.3 Å². The summed E-state index contributed by atoms with van der Waals surface area (Å²) in [6.45, 7) is 4.91. The smallest absolute Gasteiger partial charge is 0.266 e.